The van der Waals surface area contributed by atoms with Gasteiger partial charge in [-0.1, -0.05) is 20.8 Å². The van der Waals surface area contributed by atoms with Gasteiger partial charge in [-0.2, -0.15) is 0 Å². The number of rotatable bonds is 2. The van der Waals surface area contributed by atoms with Gasteiger partial charge in [0.15, 0.2) is 0 Å². The Morgan fingerprint density at radius 3 is 2.00 bits per heavy atom. The molecule has 10 heavy (non-hydrogen) atoms. The average molecular weight is 170 g/mol. The molecule has 0 aliphatic carbocycles. The molecule has 0 saturated carbocycles. The second-order valence-corrected chi connectivity index (χ2v) is 5.26. The van der Waals surface area contributed by atoms with E-state index < -0.39 is 11.0 Å². The Kier molecular flexibility index (Phi) is 6.04. The Balaban J connectivity index is -0.000000320. The molecule has 0 bridgehead atoms. The maximum absolute atomic E-state index is 10.5. The molecule has 0 aliphatic rings. The molecule has 1 N–H and O–H groups in total. The molecule has 0 radical (unpaired) electrons. The summed E-state index contributed by atoms with van der Waals surface area (Å²) in [6, 6.07) is 0. The normalized spacial score (nSPS) is 16.0. The predicted molar refractivity (Wildman–Crippen MR) is 41.9 cm³/mol. The standard InChI is InChI=1S/C6H14O2Si.Na.H/c1-4(2)6(3,9)5(7)8;;/h4H,1-3,9H3,(H,7,8);;/q;+1;-1. The van der Waals surface area contributed by atoms with Crippen LogP contribution in [0.5, 0.6) is 0 Å². The van der Waals surface area contributed by atoms with E-state index in [1.165, 1.54) is 0 Å². The van der Waals surface area contributed by atoms with Crippen LogP contribution in [0.25, 0.3) is 0 Å². The van der Waals surface area contributed by atoms with Crippen LogP contribution in [0.2, 0.25) is 5.04 Å². The molecule has 0 fully saturated rings. The molecular formula is C6H15NaO2Si. The van der Waals surface area contributed by atoms with Crippen LogP contribution in [0.4, 0.5) is 0 Å². The van der Waals surface area contributed by atoms with Gasteiger partial charge in [0.25, 0.3) is 0 Å². The fourth-order valence-electron chi connectivity index (χ4n) is 0.247. The molecule has 4 heteroatoms. The SMILES string of the molecule is CC(C)C(C)([SiH3])C(=O)O.[H-].[Na+]. The molecule has 0 amide bonds. The quantitative estimate of drug-likeness (QED) is 0.461. The molecule has 0 aromatic heterocycles. The van der Waals surface area contributed by atoms with E-state index in [-0.39, 0.29) is 36.9 Å². The number of carbonyl (C=O) groups is 1. The fraction of sp³-hybridized carbons (Fsp3) is 0.833. The second-order valence-electron chi connectivity index (χ2n) is 3.18. The Hall–Kier alpha value is 0.687. The molecule has 0 heterocycles. The van der Waals surface area contributed by atoms with Gasteiger partial charge >= 0.3 is 35.5 Å². The predicted octanol–water partition coefficient (Wildman–Crippen LogP) is -2.61. The summed E-state index contributed by atoms with van der Waals surface area (Å²) in [5.41, 5.74) is 0. The van der Waals surface area contributed by atoms with E-state index in [0.717, 1.165) is 10.2 Å². The summed E-state index contributed by atoms with van der Waals surface area (Å²) in [7, 11) is 0.718. The third-order valence-corrected chi connectivity index (χ3v) is 3.58. The van der Waals surface area contributed by atoms with Gasteiger partial charge in [-0.15, -0.1) is 0 Å². The van der Waals surface area contributed by atoms with Crippen LogP contribution in [-0.2, 0) is 4.79 Å². The maximum Gasteiger partial charge on any atom is 1.00 e. The van der Waals surface area contributed by atoms with E-state index in [2.05, 4.69) is 0 Å². The molecule has 0 aromatic carbocycles. The fourth-order valence-corrected chi connectivity index (χ4v) is 0.247. The van der Waals surface area contributed by atoms with Crippen molar-refractivity contribution in [2.75, 3.05) is 0 Å². The van der Waals surface area contributed by atoms with Crippen LogP contribution < -0.4 is 29.6 Å². The summed E-state index contributed by atoms with van der Waals surface area (Å²) in [5, 5.41) is 8.20. The zero-order valence-corrected chi connectivity index (χ0v) is 11.4. The minimum atomic E-state index is -0.663. The molecule has 0 saturated heterocycles. The van der Waals surface area contributed by atoms with Gasteiger partial charge in [-0.3, -0.25) is 4.79 Å². The van der Waals surface area contributed by atoms with Gasteiger partial charge in [0.05, 0.1) is 5.04 Å². The number of hydrogen-bond acceptors (Lipinski definition) is 1. The van der Waals surface area contributed by atoms with E-state index in [1.807, 2.05) is 13.8 Å². The molecule has 2 nitrogen and oxygen atoms in total. The van der Waals surface area contributed by atoms with Crippen LogP contribution >= 0.6 is 0 Å². The minimum absolute atomic E-state index is 0. The van der Waals surface area contributed by atoms with Crippen molar-refractivity contribution in [2.45, 2.75) is 25.8 Å². The minimum Gasteiger partial charge on any atom is -1.00 e. The van der Waals surface area contributed by atoms with Crippen LogP contribution in [0.15, 0.2) is 0 Å². The largest absolute Gasteiger partial charge is 1.00 e. The Morgan fingerprint density at radius 2 is 2.00 bits per heavy atom. The molecule has 0 aliphatic heterocycles. The van der Waals surface area contributed by atoms with Gasteiger partial charge < -0.3 is 6.53 Å². The second kappa shape index (κ2) is 4.54. The van der Waals surface area contributed by atoms with Crippen LogP contribution in [0.1, 0.15) is 22.2 Å². The smallest absolute Gasteiger partial charge is 1.00 e. The van der Waals surface area contributed by atoms with Crippen molar-refractivity contribution >= 4 is 16.2 Å². The van der Waals surface area contributed by atoms with Gasteiger partial charge in [-0.05, 0) is 5.92 Å². The van der Waals surface area contributed by atoms with E-state index in [0.29, 0.717) is 0 Å². The van der Waals surface area contributed by atoms with E-state index in [4.69, 9.17) is 5.11 Å². The van der Waals surface area contributed by atoms with Crippen molar-refractivity contribution in [1.29, 1.82) is 0 Å². The van der Waals surface area contributed by atoms with E-state index in [1.54, 1.807) is 6.92 Å². The molecule has 0 aromatic rings. The first-order valence-corrected chi connectivity index (χ1v) is 4.12. The van der Waals surface area contributed by atoms with Crippen LogP contribution in [-0.4, -0.2) is 21.3 Å². The molecule has 1 atom stereocenters. The van der Waals surface area contributed by atoms with Crippen molar-refractivity contribution in [3.63, 3.8) is 0 Å². The van der Waals surface area contributed by atoms with Crippen molar-refractivity contribution in [3.05, 3.63) is 0 Å². The first-order valence-electron chi connectivity index (χ1n) is 3.12. The summed E-state index contributed by atoms with van der Waals surface area (Å²) < 4.78 is 0. The van der Waals surface area contributed by atoms with Gasteiger partial charge in [0.2, 0.25) is 0 Å². The van der Waals surface area contributed by atoms with E-state index in [9.17, 15) is 4.79 Å². The number of aliphatic carboxylic acids is 1. The molecule has 1 unspecified atom stereocenters. The Bertz CT molecular complexity index is 128. The van der Waals surface area contributed by atoms with Gasteiger partial charge in [0, 0.05) is 10.2 Å². The van der Waals surface area contributed by atoms with Gasteiger partial charge in [-0.25, -0.2) is 0 Å². The Morgan fingerprint density at radius 1 is 1.70 bits per heavy atom. The summed E-state index contributed by atoms with van der Waals surface area (Å²) in [6.07, 6.45) is 0. The zero-order valence-electron chi connectivity index (χ0n) is 8.43. The van der Waals surface area contributed by atoms with Crippen molar-refractivity contribution in [3.8, 4) is 0 Å². The molecule has 0 spiro atoms. The summed E-state index contributed by atoms with van der Waals surface area (Å²) in [6.45, 7) is 5.69. The first kappa shape index (κ1) is 13.3. The van der Waals surface area contributed by atoms with Crippen molar-refractivity contribution in [1.82, 2.24) is 0 Å². The average Bonchev–Trinajstić information content (AvgIpc) is 1.65. The summed E-state index contributed by atoms with van der Waals surface area (Å²) >= 11 is 0. The first-order chi connectivity index (χ1) is 3.89. The topological polar surface area (TPSA) is 37.3 Å². The summed E-state index contributed by atoms with van der Waals surface area (Å²) in [4.78, 5) is 10.5. The molecular weight excluding hydrogens is 155 g/mol. The van der Waals surface area contributed by atoms with Crippen LogP contribution in [0, 0.1) is 5.92 Å². The van der Waals surface area contributed by atoms with E-state index >= 15 is 0 Å². The number of carboxylic acids is 1. The molecule has 0 rings (SSSR count). The number of hydrogen-bond donors (Lipinski definition) is 1. The van der Waals surface area contributed by atoms with Crippen LogP contribution in [0.3, 0.4) is 0 Å². The third-order valence-electron chi connectivity index (χ3n) is 1.99. The maximum atomic E-state index is 10.5. The molecule has 56 valence electrons. The van der Waals surface area contributed by atoms with Crippen molar-refractivity contribution < 1.29 is 40.9 Å². The monoisotopic (exact) mass is 170 g/mol. The number of carboxylic acid groups (broad SMARTS) is 1. The zero-order chi connectivity index (χ0) is 7.65. The summed E-state index contributed by atoms with van der Waals surface area (Å²) in [5.74, 6) is -0.411. The van der Waals surface area contributed by atoms with Crippen molar-refractivity contribution in [2.24, 2.45) is 5.92 Å². The van der Waals surface area contributed by atoms with Gasteiger partial charge in [0.1, 0.15) is 0 Å². The Labute approximate surface area is 88.6 Å². The third kappa shape index (κ3) is 3.19.